The first-order valence-corrected chi connectivity index (χ1v) is 5.89. The summed E-state index contributed by atoms with van der Waals surface area (Å²) in [6, 6.07) is 9.52. The minimum Gasteiger partial charge on any atom is -0.465 e. The maximum absolute atomic E-state index is 11.1. The Labute approximate surface area is 100 Å². The van der Waals surface area contributed by atoms with E-state index < -0.39 is 6.09 Å². The topological polar surface area (TPSA) is 60.8 Å². The molecule has 1 fully saturated rings. The van der Waals surface area contributed by atoms with Gasteiger partial charge >= 0.3 is 6.09 Å². The summed E-state index contributed by atoms with van der Waals surface area (Å²) in [6.45, 7) is 0.399. The van der Waals surface area contributed by atoms with Gasteiger partial charge in [-0.3, -0.25) is 0 Å². The van der Waals surface area contributed by atoms with E-state index in [1.807, 2.05) is 30.3 Å². The highest BCUT2D eigenvalue weighted by atomic mass is 16.4. The van der Waals surface area contributed by atoms with E-state index in [9.17, 15) is 9.90 Å². The fraction of sp³-hybridized carbons (Fsp3) is 0.462. The number of aliphatic hydroxyl groups excluding tert-OH is 1. The number of nitrogens with zero attached hydrogens (tertiary/aromatic N) is 1. The third-order valence-corrected chi connectivity index (χ3v) is 3.44. The highest BCUT2D eigenvalue weighted by molar-refractivity contribution is 5.65. The predicted molar refractivity (Wildman–Crippen MR) is 64.0 cm³/mol. The number of likely N-dealkylation sites (tertiary alicyclic amines) is 1. The summed E-state index contributed by atoms with van der Waals surface area (Å²) in [7, 11) is 0. The Morgan fingerprint density at radius 3 is 2.65 bits per heavy atom. The SMILES string of the molecule is O=C(O)N1CCCC(c2ccccc2)C1CO. The molecule has 17 heavy (non-hydrogen) atoms. The van der Waals surface area contributed by atoms with Crippen molar-refractivity contribution in [3.05, 3.63) is 35.9 Å². The van der Waals surface area contributed by atoms with E-state index in [-0.39, 0.29) is 18.6 Å². The van der Waals surface area contributed by atoms with E-state index >= 15 is 0 Å². The van der Waals surface area contributed by atoms with Crippen LogP contribution in [0, 0.1) is 0 Å². The molecule has 2 rings (SSSR count). The van der Waals surface area contributed by atoms with Gasteiger partial charge in [0.2, 0.25) is 0 Å². The van der Waals surface area contributed by atoms with Crippen LogP contribution in [-0.4, -0.2) is 40.4 Å². The van der Waals surface area contributed by atoms with Crippen LogP contribution in [0.15, 0.2) is 30.3 Å². The lowest BCUT2D eigenvalue weighted by Crippen LogP contribution is -2.48. The van der Waals surface area contributed by atoms with Gasteiger partial charge in [0.05, 0.1) is 12.6 Å². The number of piperidine rings is 1. The largest absolute Gasteiger partial charge is 0.465 e. The monoisotopic (exact) mass is 235 g/mol. The molecule has 1 aliphatic rings. The summed E-state index contributed by atoms with van der Waals surface area (Å²) in [4.78, 5) is 12.5. The molecule has 92 valence electrons. The number of hydrogen-bond acceptors (Lipinski definition) is 2. The normalized spacial score (nSPS) is 24.6. The Morgan fingerprint density at radius 2 is 2.06 bits per heavy atom. The molecule has 2 N–H and O–H groups in total. The molecule has 0 aliphatic carbocycles. The first-order chi connectivity index (χ1) is 8.24. The molecule has 0 spiro atoms. The Balaban J connectivity index is 2.24. The molecule has 2 unspecified atom stereocenters. The molecule has 2 atom stereocenters. The number of rotatable bonds is 2. The Bertz CT molecular complexity index is 380. The van der Waals surface area contributed by atoms with Crippen LogP contribution >= 0.6 is 0 Å². The van der Waals surface area contributed by atoms with Crippen molar-refractivity contribution in [3.63, 3.8) is 0 Å². The third-order valence-electron chi connectivity index (χ3n) is 3.44. The minimum absolute atomic E-state index is 0.103. The van der Waals surface area contributed by atoms with Crippen molar-refractivity contribution in [1.29, 1.82) is 0 Å². The number of amides is 1. The van der Waals surface area contributed by atoms with Crippen molar-refractivity contribution < 1.29 is 15.0 Å². The predicted octanol–water partition coefficient (Wildman–Crippen LogP) is 1.90. The van der Waals surface area contributed by atoms with Crippen LogP contribution in [0.2, 0.25) is 0 Å². The van der Waals surface area contributed by atoms with Gasteiger partial charge in [-0.2, -0.15) is 0 Å². The van der Waals surface area contributed by atoms with Gasteiger partial charge in [-0.1, -0.05) is 30.3 Å². The average molecular weight is 235 g/mol. The second-order valence-corrected chi connectivity index (χ2v) is 4.39. The molecule has 1 aromatic carbocycles. The van der Waals surface area contributed by atoms with Gasteiger partial charge < -0.3 is 15.1 Å². The highest BCUT2D eigenvalue weighted by Crippen LogP contribution is 2.32. The molecule has 4 nitrogen and oxygen atoms in total. The van der Waals surface area contributed by atoms with Gasteiger partial charge in [0.25, 0.3) is 0 Å². The summed E-state index contributed by atoms with van der Waals surface area (Å²) in [5.74, 6) is 0.103. The quantitative estimate of drug-likeness (QED) is 0.823. The Kier molecular flexibility index (Phi) is 3.64. The van der Waals surface area contributed by atoms with E-state index in [0.717, 1.165) is 18.4 Å². The number of hydrogen-bond donors (Lipinski definition) is 2. The van der Waals surface area contributed by atoms with E-state index in [4.69, 9.17) is 5.11 Å². The molecule has 0 saturated carbocycles. The first kappa shape index (κ1) is 11.9. The number of aliphatic hydroxyl groups is 1. The standard InChI is InChI=1S/C13H17NO3/c15-9-12-11(10-5-2-1-3-6-10)7-4-8-14(12)13(16)17/h1-3,5-6,11-12,15H,4,7-9H2,(H,16,17). The molecule has 4 heteroatoms. The van der Waals surface area contributed by atoms with Gasteiger partial charge in [0.15, 0.2) is 0 Å². The van der Waals surface area contributed by atoms with Crippen molar-refractivity contribution in [2.45, 2.75) is 24.8 Å². The first-order valence-electron chi connectivity index (χ1n) is 5.89. The highest BCUT2D eigenvalue weighted by Gasteiger charge is 2.34. The number of benzene rings is 1. The molecule has 1 aliphatic heterocycles. The van der Waals surface area contributed by atoms with Gasteiger partial charge in [-0.05, 0) is 18.4 Å². The summed E-state index contributed by atoms with van der Waals surface area (Å²) >= 11 is 0. The van der Waals surface area contributed by atoms with E-state index in [1.54, 1.807) is 0 Å². The Morgan fingerprint density at radius 1 is 1.35 bits per heavy atom. The van der Waals surface area contributed by atoms with Crippen molar-refractivity contribution in [2.75, 3.05) is 13.2 Å². The van der Waals surface area contributed by atoms with Crippen LogP contribution in [0.5, 0.6) is 0 Å². The zero-order chi connectivity index (χ0) is 12.3. The minimum atomic E-state index is -0.940. The van der Waals surface area contributed by atoms with Crippen molar-refractivity contribution >= 4 is 6.09 Å². The molecule has 1 heterocycles. The maximum Gasteiger partial charge on any atom is 0.407 e. The third kappa shape index (κ3) is 2.42. The molecule has 0 radical (unpaired) electrons. The second kappa shape index (κ2) is 5.19. The molecule has 0 aromatic heterocycles. The maximum atomic E-state index is 11.1. The lowest BCUT2D eigenvalue weighted by Gasteiger charge is -2.39. The molecule has 0 bridgehead atoms. The number of carboxylic acid groups (broad SMARTS) is 1. The molecule has 1 aromatic rings. The van der Waals surface area contributed by atoms with E-state index in [1.165, 1.54) is 4.90 Å². The summed E-state index contributed by atoms with van der Waals surface area (Å²) in [5, 5.41) is 18.6. The van der Waals surface area contributed by atoms with Crippen LogP contribution in [0.25, 0.3) is 0 Å². The van der Waals surface area contributed by atoms with E-state index in [2.05, 4.69) is 0 Å². The number of carbonyl (C=O) groups is 1. The fourth-order valence-corrected chi connectivity index (χ4v) is 2.61. The fourth-order valence-electron chi connectivity index (χ4n) is 2.61. The van der Waals surface area contributed by atoms with Crippen LogP contribution < -0.4 is 0 Å². The summed E-state index contributed by atoms with van der Waals surface area (Å²) in [6.07, 6.45) is 0.839. The van der Waals surface area contributed by atoms with Crippen LogP contribution in [0.4, 0.5) is 4.79 Å². The lowest BCUT2D eigenvalue weighted by atomic mass is 9.84. The van der Waals surface area contributed by atoms with Gasteiger partial charge in [-0.25, -0.2) is 4.79 Å². The smallest absolute Gasteiger partial charge is 0.407 e. The van der Waals surface area contributed by atoms with Crippen LogP contribution in [0.1, 0.15) is 24.3 Å². The van der Waals surface area contributed by atoms with E-state index in [0.29, 0.717) is 6.54 Å². The van der Waals surface area contributed by atoms with Gasteiger partial charge in [0, 0.05) is 12.5 Å². The zero-order valence-corrected chi connectivity index (χ0v) is 9.62. The molecular formula is C13H17NO3. The summed E-state index contributed by atoms with van der Waals surface area (Å²) < 4.78 is 0. The van der Waals surface area contributed by atoms with Crippen molar-refractivity contribution in [3.8, 4) is 0 Å². The van der Waals surface area contributed by atoms with Gasteiger partial charge in [0.1, 0.15) is 0 Å². The average Bonchev–Trinajstić information content (AvgIpc) is 2.38. The van der Waals surface area contributed by atoms with Crippen molar-refractivity contribution in [1.82, 2.24) is 4.90 Å². The lowest BCUT2D eigenvalue weighted by molar-refractivity contribution is 0.0662. The molecule has 1 saturated heterocycles. The van der Waals surface area contributed by atoms with Crippen LogP contribution in [-0.2, 0) is 0 Å². The van der Waals surface area contributed by atoms with Crippen molar-refractivity contribution in [2.24, 2.45) is 0 Å². The van der Waals surface area contributed by atoms with Crippen LogP contribution in [0.3, 0.4) is 0 Å². The Hall–Kier alpha value is -1.55. The molecule has 1 amide bonds. The molecular weight excluding hydrogens is 218 g/mol. The zero-order valence-electron chi connectivity index (χ0n) is 9.62. The summed E-state index contributed by atoms with van der Waals surface area (Å²) in [5.41, 5.74) is 1.11. The van der Waals surface area contributed by atoms with Gasteiger partial charge in [-0.15, -0.1) is 0 Å². The second-order valence-electron chi connectivity index (χ2n) is 4.39.